The lowest BCUT2D eigenvalue weighted by Crippen LogP contribution is -1.98. The molecule has 2 rings (SSSR count). The molecule has 0 aliphatic rings. The second-order valence-electron chi connectivity index (χ2n) is 4.25. The van der Waals surface area contributed by atoms with Crippen molar-refractivity contribution < 1.29 is 9.63 Å². The van der Waals surface area contributed by atoms with E-state index in [1.54, 1.807) is 0 Å². The molecule has 1 unspecified atom stereocenters. The lowest BCUT2D eigenvalue weighted by Gasteiger charge is -2.01. The van der Waals surface area contributed by atoms with Crippen molar-refractivity contribution in [2.24, 2.45) is 0 Å². The van der Waals surface area contributed by atoms with Gasteiger partial charge < -0.3 is 9.63 Å². The Morgan fingerprint density at radius 2 is 2.22 bits per heavy atom. The third-order valence-corrected chi connectivity index (χ3v) is 2.97. The predicted molar refractivity (Wildman–Crippen MR) is 69.3 cm³/mol. The Balaban J connectivity index is 2.29. The van der Waals surface area contributed by atoms with Crippen LogP contribution in [0, 0.1) is 6.92 Å². The minimum Gasteiger partial charge on any atom is -0.385 e. The third kappa shape index (κ3) is 2.71. The van der Waals surface area contributed by atoms with E-state index in [1.807, 2.05) is 32.0 Å². The molecule has 1 aromatic heterocycles. The van der Waals surface area contributed by atoms with Crippen LogP contribution in [0.5, 0.6) is 0 Å². The summed E-state index contributed by atoms with van der Waals surface area (Å²) >= 11 is 6.12. The fourth-order valence-corrected chi connectivity index (χ4v) is 1.99. The van der Waals surface area contributed by atoms with Gasteiger partial charge in [-0.05, 0) is 31.0 Å². The van der Waals surface area contributed by atoms with E-state index < -0.39 is 6.10 Å². The number of hydrogen-bond donors (Lipinski definition) is 1. The van der Waals surface area contributed by atoms with Crippen molar-refractivity contribution in [3.63, 3.8) is 0 Å². The molecule has 5 heteroatoms. The summed E-state index contributed by atoms with van der Waals surface area (Å²) in [6.07, 6.45) is 0.786. The van der Waals surface area contributed by atoms with E-state index in [9.17, 15) is 5.11 Å². The third-order valence-electron chi connectivity index (χ3n) is 2.66. The Bertz CT molecular complexity index is 540. The first kappa shape index (κ1) is 13.1. The van der Waals surface area contributed by atoms with E-state index >= 15 is 0 Å². The number of rotatable bonds is 4. The van der Waals surface area contributed by atoms with Gasteiger partial charge in [0.2, 0.25) is 5.82 Å². The number of nitrogens with zero attached hydrogens (tertiary/aromatic N) is 2. The smallest absolute Gasteiger partial charge is 0.259 e. The summed E-state index contributed by atoms with van der Waals surface area (Å²) in [5, 5.41) is 14.1. The Kier molecular flexibility index (Phi) is 3.99. The van der Waals surface area contributed by atoms with Gasteiger partial charge in [0.25, 0.3) is 5.89 Å². The van der Waals surface area contributed by atoms with Crippen LogP contribution in [0.2, 0.25) is 5.02 Å². The first-order valence-electron chi connectivity index (χ1n) is 5.90. The second-order valence-corrected chi connectivity index (χ2v) is 4.65. The topological polar surface area (TPSA) is 59.2 Å². The number of hydrogen-bond acceptors (Lipinski definition) is 4. The Morgan fingerprint density at radius 1 is 1.44 bits per heavy atom. The van der Waals surface area contributed by atoms with Crippen molar-refractivity contribution in [1.82, 2.24) is 10.1 Å². The Morgan fingerprint density at radius 3 is 2.89 bits per heavy atom. The summed E-state index contributed by atoms with van der Waals surface area (Å²) in [7, 11) is 0. The van der Waals surface area contributed by atoms with Crippen molar-refractivity contribution in [3.05, 3.63) is 34.6 Å². The average Bonchev–Trinajstić information content (AvgIpc) is 2.78. The molecule has 2 aromatic rings. The molecule has 1 N–H and O–H groups in total. The number of aromatic nitrogens is 2. The van der Waals surface area contributed by atoms with Crippen molar-refractivity contribution in [2.75, 3.05) is 0 Å². The van der Waals surface area contributed by atoms with Crippen LogP contribution in [-0.4, -0.2) is 15.2 Å². The average molecular weight is 267 g/mol. The molecule has 0 aliphatic heterocycles. The van der Waals surface area contributed by atoms with Crippen LogP contribution in [-0.2, 0) is 0 Å². The fraction of sp³-hybridized carbons (Fsp3) is 0.385. The fourth-order valence-electron chi connectivity index (χ4n) is 1.68. The lowest BCUT2D eigenvalue weighted by molar-refractivity contribution is 0.153. The van der Waals surface area contributed by atoms with Gasteiger partial charge in [-0.3, -0.25) is 0 Å². The molecule has 0 bridgehead atoms. The van der Waals surface area contributed by atoms with E-state index in [0.29, 0.717) is 28.7 Å². The quantitative estimate of drug-likeness (QED) is 0.920. The number of aliphatic hydroxyl groups is 1. The van der Waals surface area contributed by atoms with Gasteiger partial charge in [0, 0.05) is 0 Å². The van der Waals surface area contributed by atoms with Crippen molar-refractivity contribution in [1.29, 1.82) is 0 Å². The Hall–Kier alpha value is -1.39. The molecular formula is C13H15ClN2O2. The molecule has 1 atom stereocenters. The zero-order valence-corrected chi connectivity index (χ0v) is 11.1. The number of aryl methyl sites for hydroxylation is 1. The van der Waals surface area contributed by atoms with Crippen LogP contribution in [0.15, 0.2) is 22.7 Å². The highest BCUT2D eigenvalue weighted by Crippen LogP contribution is 2.28. The molecule has 18 heavy (non-hydrogen) atoms. The van der Waals surface area contributed by atoms with E-state index in [0.717, 1.165) is 12.0 Å². The molecule has 1 heterocycles. The van der Waals surface area contributed by atoms with Gasteiger partial charge in [-0.15, -0.1) is 0 Å². The summed E-state index contributed by atoms with van der Waals surface area (Å²) in [6.45, 7) is 3.95. The monoisotopic (exact) mass is 266 g/mol. The molecule has 0 saturated heterocycles. The molecule has 0 fully saturated rings. The summed E-state index contributed by atoms with van der Waals surface area (Å²) in [5.74, 6) is 0.647. The molecule has 0 aliphatic carbocycles. The van der Waals surface area contributed by atoms with Crippen LogP contribution >= 0.6 is 11.6 Å². The molecule has 0 amide bonds. The predicted octanol–water partition coefficient (Wildman–Crippen LogP) is 3.53. The van der Waals surface area contributed by atoms with Crippen molar-refractivity contribution >= 4 is 11.6 Å². The van der Waals surface area contributed by atoms with Crippen molar-refractivity contribution in [2.45, 2.75) is 32.8 Å². The number of halogens is 1. The maximum absolute atomic E-state index is 9.78. The van der Waals surface area contributed by atoms with E-state index in [1.165, 1.54) is 0 Å². The largest absolute Gasteiger partial charge is 0.385 e. The molecule has 0 saturated carbocycles. The minimum absolute atomic E-state index is 0.309. The highest BCUT2D eigenvalue weighted by molar-refractivity contribution is 6.33. The first-order valence-corrected chi connectivity index (χ1v) is 6.27. The standard InChI is InChI=1S/C13H15ClN2O2/c1-3-4-11(17)12-15-13(18-16-12)9-6-5-8(2)7-10(9)14/h5-7,11,17H,3-4H2,1-2H3. The first-order chi connectivity index (χ1) is 8.61. The maximum Gasteiger partial charge on any atom is 0.259 e. The zero-order chi connectivity index (χ0) is 13.1. The maximum atomic E-state index is 9.78. The lowest BCUT2D eigenvalue weighted by atomic mass is 10.1. The van der Waals surface area contributed by atoms with Gasteiger partial charge in [-0.2, -0.15) is 4.98 Å². The van der Waals surface area contributed by atoms with Crippen molar-refractivity contribution in [3.8, 4) is 11.5 Å². The van der Waals surface area contributed by atoms with Crippen LogP contribution in [0.3, 0.4) is 0 Å². The number of aliphatic hydroxyl groups excluding tert-OH is 1. The van der Waals surface area contributed by atoms with E-state index in [4.69, 9.17) is 16.1 Å². The van der Waals surface area contributed by atoms with Crippen LogP contribution in [0.1, 0.15) is 37.3 Å². The van der Waals surface area contributed by atoms with Gasteiger partial charge in [0.15, 0.2) is 0 Å². The van der Waals surface area contributed by atoms with Crippen LogP contribution in [0.25, 0.3) is 11.5 Å². The van der Waals surface area contributed by atoms with Gasteiger partial charge in [-0.25, -0.2) is 0 Å². The molecule has 0 spiro atoms. The van der Waals surface area contributed by atoms with Gasteiger partial charge >= 0.3 is 0 Å². The normalized spacial score (nSPS) is 12.7. The molecule has 96 valence electrons. The van der Waals surface area contributed by atoms with Gasteiger partial charge in [0.1, 0.15) is 6.10 Å². The highest BCUT2D eigenvalue weighted by atomic mass is 35.5. The van der Waals surface area contributed by atoms with E-state index in [2.05, 4.69) is 10.1 Å². The molecule has 1 aromatic carbocycles. The van der Waals surface area contributed by atoms with Crippen LogP contribution < -0.4 is 0 Å². The summed E-state index contributed by atoms with van der Waals surface area (Å²) in [5.41, 5.74) is 1.75. The molecule has 0 radical (unpaired) electrons. The summed E-state index contributed by atoms with van der Waals surface area (Å²) < 4.78 is 5.13. The minimum atomic E-state index is -0.684. The van der Waals surface area contributed by atoms with Gasteiger partial charge in [0.05, 0.1) is 10.6 Å². The summed E-state index contributed by atoms with van der Waals surface area (Å²) in [6, 6.07) is 5.60. The van der Waals surface area contributed by atoms with Gasteiger partial charge in [-0.1, -0.05) is 36.2 Å². The summed E-state index contributed by atoms with van der Waals surface area (Å²) in [4.78, 5) is 4.18. The number of benzene rings is 1. The Labute approximate surface area is 111 Å². The second kappa shape index (κ2) is 5.50. The highest BCUT2D eigenvalue weighted by Gasteiger charge is 2.17. The molecule has 4 nitrogen and oxygen atoms in total. The molecular weight excluding hydrogens is 252 g/mol. The SMILES string of the molecule is CCCC(O)c1noc(-c2ccc(C)cc2Cl)n1. The zero-order valence-electron chi connectivity index (χ0n) is 10.4. The van der Waals surface area contributed by atoms with Crippen LogP contribution in [0.4, 0.5) is 0 Å². The van der Waals surface area contributed by atoms with E-state index in [-0.39, 0.29) is 0 Å².